The Hall–Kier alpha value is -1.06. The van der Waals surface area contributed by atoms with Crippen molar-refractivity contribution < 1.29 is 4.74 Å². The van der Waals surface area contributed by atoms with Gasteiger partial charge in [0.15, 0.2) is 0 Å². The molecular weight excluding hydrogens is 224 g/mol. The van der Waals surface area contributed by atoms with Gasteiger partial charge in [0, 0.05) is 19.1 Å². The second-order valence-corrected chi connectivity index (χ2v) is 5.48. The third kappa shape index (κ3) is 3.72. The Morgan fingerprint density at radius 2 is 2.00 bits per heavy atom. The number of rotatable bonds is 5. The standard InChI is InChI=1S/C15H24N2O/c1-17(11-13-3-6-14(16)9-13)10-12-4-7-15(18-2)8-5-12/h4-5,7-8,13-14H,3,6,9-11,16H2,1-2H3. The van der Waals surface area contributed by atoms with Gasteiger partial charge < -0.3 is 15.4 Å². The highest BCUT2D eigenvalue weighted by atomic mass is 16.5. The van der Waals surface area contributed by atoms with Crippen molar-refractivity contribution in [1.29, 1.82) is 0 Å². The number of hydrogen-bond acceptors (Lipinski definition) is 3. The summed E-state index contributed by atoms with van der Waals surface area (Å²) < 4.78 is 5.17. The molecule has 0 radical (unpaired) electrons. The molecule has 3 heteroatoms. The summed E-state index contributed by atoms with van der Waals surface area (Å²) in [6, 6.07) is 8.75. The summed E-state index contributed by atoms with van der Waals surface area (Å²) in [5.74, 6) is 1.70. The van der Waals surface area contributed by atoms with Gasteiger partial charge in [-0.25, -0.2) is 0 Å². The molecule has 0 heterocycles. The number of nitrogens with zero attached hydrogens (tertiary/aromatic N) is 1. The number of hydrogen-bond donors (Lipinski definition) is 1. The van der Waals surface area contributed by atoms with Crippen molar-refractivity contribution in [3.63, 3.8) is 0 Å². The van der Waals surface area contributed by atoms with Gasteiger partial charge in [-0.3, -0.25) is 0 Å². The molecule has 0 amide bonds. The molecule has 2 atom stereocenters. The summed E-state index contributed by atoms with van der Waals surface area (Å²) in [5, 5.41) is 0. The molecule has 2 unspecified atom stereocenters. The van der Waals surface area contributed by atoms with Crippen LogP contribution in [0.4, 0.5) is 0 Å². The SMILES string of the molecule is COc1ccc(CN(C)CC2CCC(N)C2)cc1. The Morgan fingerprint density at radius 1 is 1.28 bits per heavy atom. The smallest absolute Gasteiger partial charge is 0.118 e. The van der Waals surface area contributed by atoms with Crippen molar-refractivity contribution in [3.8, 4) is 5.75 Å². The minimum atomic E-state index is 0.435. The Morgan fingerprint density at radius 3 is 2.56 bits per heavy atom. The maximum absolute atomic E-state index is 5.95. The molecule has 0 saturated heterocycles. The summed E-state index contributed by atoms with van der Waals surface area (Å²) >= 11 is 0. The van der Waals surface area contributed by atoms with Gasteiger partial charge in [-0.15, -0.1) is 0 Å². The van der Waals surface area contributed by atoms with Crippen LogP contribution in [0.2, 0.25) is 0 Å². The van der Waals surface area contributed by atoms with Crippen LogP contribution in [-0.2, 0) is 6.54 Å². The first-order valence-corrected chi connectivity index (χ1v) is 6.74. The quantitative estimate of drug-likeness (QED) is 0.868. The molecule has 3 nitrogen and oxygen atoms in total. The first-order chi connectivity index (χ1) is 8.67. The zero-order valence-electron chi connectivity index (χ0n) is 11.4. The largest absolute Gasteiger partial charge is 0.497 e. The van der Waals surface area contributed by atoms with E-state index < -0.39 is 0 Å². The lowest BCUT2D eigenvalue weighted by molar-refractivity contribution is 0.270. The highest BCUT2D eigenvalue weighted by Crippen LogP contribution is 2.25. The van der Waals surface area contributed by atoms with E-state index in [0.717, 1.165) is 24.8 Å². The molecule has 0 aromatic heterocycles. The van der Waals surface area contributed by atoms with Crippen LogP contribution in [0.5, 0.6) is 5.75 Å². The predicted octanol–water partition coefficient (Wildman–Crippen LogP) is 2.25. The van der Waals surface area contributed by atoms with Gasteiger partial charge >= 0.3 is 0 Å². The van der Waals surface area contributed by atoms with Crippen molar-refractivity contribution in [2.75, 3.05) is 20.7 Å². The third-order valence-electron chi connectivity index (χ3n) is 3.76. The molecule has 1 aliphatic carbocycles. The Bertz CT molecular complexity index is 363. The lowest BCUT2D eigenvalue weighted by Gasteiger charge is -2.21. The van der Waals surface area contributed by atoms with Crippen molar-refractivity contribution in [2.45, 2.75) is 31.8 Å². The fourth-order valence-corrected chi connectivity index (χ4v) is 2.83. The third-order valence-corrected chi connectivity index (χ3v) is 3.76. The van der Waals surface area contributed by atoms with Crippen molar-refractivity contribution in [1.82, 2.24) is 4.90 Å². The number of ether oxygens (including phenoxy) is 1. The molecule has 0 aliphatic heterocycles. The molecular formula is C15H24N2O. The average Bonchev–Trinajstić information content (AvgIpc) is 2.75. The number of benzene rings is 1. The molecule has 2 rings (SSSR count). The first kappa shape index (κ1) is 13.4. The predicted molar refractivity (Wildman–Crippen MR) is 74.6 cm³/mol. The van der Waals surface area contributed by atoms with E-state index in [4.69, 9.17) is 10.5 Å². The summed E-state index contributed by atoms with van der Waals surface area (Å²) in [5.41, 5.74) is 7.29. The molecule has 1 fully saturated rings. The van der Waals surface area contributed by atoms with Crippen molar-refractivity contribution >= 4 is 0 Å². The molecule has 1 saturated carbocycles. The highest BCUT2D eigenvalue weighted by molar-refractivity contribution is 5.27. The maximum Gasteiger partial charge on any atom is 0.118 e. The fourth-order valence-electron chi connectivity index (χ4n) is 2.83. The summed E-state index contributed by atoms with van der Waals surface area (Å²) in [6.07, 6.45) is 3.67. The van der Waals surface area contributed by atoms with Gasteiger partial charge in [-0.1, -0.05) is 12.1 Å². The minimum Gasteiger partial charge on any atom is -0.497 e. The summed E-state index contributed by atoms with van der Waals surface area (Å²) in [4.78, 5) is 2.39. The Labute approximate surface area is 110 Å². The molecule has 1 aliphatic rings. The van der Waals surface area contributed by atoms with E-state index in [0.29, 0.717) is 6.04 Å². The molecule has 1 aromatic carbocycles. The van der Waals surface area contributed by atoms with E-state index in [-0.39, 0.29) is 0 Å². The summed E-state index contributed by atoms with van der Waals surface area (Å²) in [7, 11) is 3.89. The van der Waals surface area contributed by atoms with E-state index >= 15 is 0 Å². The lowest BCUT2D eigenvalue weighted by Crippen LogP contribution is -2.25. The van der Waals surface area contributed by atoms with Crippen LogP contribution in [0.25, 0.3) is 0 Å². The molecule has 1 aromatic rings. The normalized spacial score (nSPS) is 23.6. The van der Waals surface area contributed by atoms with Crippen LogP contribution in [0.3, 0.4) is 0 Å². The molecule has 2 N–H and O–H groups in total. The van der Waals surface area contributed by atoms with Gasteiger partial charge in [0.25, 0.3) is 0 Å². The van der Waals surface area contributed by atoms with Crippen molar-refractivity contribution in [2.24, 2.45) is 11.7 Å². The van der Waals surface area contributed by atoms with E-state index in [1.807, 2.05) is 12.1 Å². The van der Waals surface area contributed by atoms with Gasteiger partial charge in [-0.05, 0) is 49.9 Å². The number of nitrogens with two attached hydrogens (primary N) is 1. The van der Waals surface area contributed by atoms with Gasteiger partial charge in [0.05, 0.1) is 7.11 Å². The van der Waals surface area contributed by atoms with Gasteiger partial charge in [0.2, 0.25) is 0 Å². The fraction of sp³-hybridized carbons (Fsp3) is 0.600. The first-order valence-electron chi connectivity index (χ1n) is 6.74. The zero-order valence-corrected chi connectivity index (χ0v) is 11.4. The monoisotopic (exact) mass is 248 g/mol. The van der Waals surface area contributed by atoms with Crippen LogP contribution < -0.4 is 10.5 Å². The van der Waals surface area contributed by atoms with Crippen LogP contribution in [0.15, 0.2) is 24.3 Å². The van der Waals surface area contributed by atoms with Gasteiger partial charge in [-0.2, -0.15) is 0 Å². The lowest BCUT2D eigenvalue weighted by atomic mass is 10.1. The van der Waals surface area contributed by atoms with Crippen molar-refractivity contribution in [3.05, 3.63) is 29.8 Å². The average molecular weight is 248 g/mol. The molecule has 100 valence electrons. The van der Waals surface area contributed by atoms with Crippen LogP contribution in [-0.4, -0.2) is 31.6 Å². The van der Waals surface area contributed by atoms with Crippen LogP contribution in [0, 0.1) is 5.92 Å². The maximum atomic E-state index is 5.95. The van der Waals surface area contributed by atoms with E-state index in [2.05, 4.69) is 24.1 Å². The summed E-state index contributed by atoms with van der Waals surface area (Å²) in [6.45, 7) is 2.15. The zero-order chi connectivity index (χ0) is 13.0. The Balaban J connectivity index is 1.80. The van der Waals surface area contributed by atoms with Crippen LogP contribution >= 0.6 is 0 Å². The topological polar surface area (TPSA) is 38.5 Å². The molecule has 0 bridgehead atoms. The van der Waals surface area contributed by atoms with E-state index in [1.165, 1.54) is 24.8 Å². The van der Waals surface area contributed by atoms with E-state index in [9.17, 15) is 0 Å². The minimum absolute atomic E-state index is 0.435. The second kappa shape index (κ2) is 6.21. The molecule has 0 spiro atoms. The second-order valence-electron chi connectivity index (χ2n) is 5.48. The highest BCUT2D eigenvalue weighted by Gasteiger charge is 2.22. The van der Waals surface area contributed by atoms with Crippen LogP contribution in [0.1, 0.15) is 24.8 Å². The Kier molecular flexibility index (Phi) is 4.61. The number of methoxy groups -OCH3 is 1. The van der Waals surface area contributed by atoms with E-state index in [1.54, 1.807) is 7.11 Å². The molecule has 18 heavy (non-hydrogen) atoms. The van der Waals surface area contributed by atoms with Gasteiger partial charge in [0.1, 0.15) is 5.75 Å².